The van der Waals surface area contributed by atoms with Crippen LogP contribution in [0.25, 0.3) is 0 Å². The number of aliphatic hydroxyl groups excluding tert-OH is 3. The van der Waals surface area contributed by atoms with Crippen molar-refractivity contribution in [1.82, 2.24) is 0 Å². The van der Waals surface area contributed by atoms with Crippen molar-refractivity contribution in [3.05, 3.63) is 0 Å². The van der Waals surface area contributed by atoms with E-state index in [4.69, 9.17) is 0 Å². The Morgan fingerprint density at radius 1 is 0.875 bits per heavy atom. The molecule has 0 aromatic heterocycles. The normalized spacial score (nSPS) is 58.5. The van der Waals surface area contributed by atoms with Gasteiger partial charge in [0.05, 0.1) is 18.3 Å². The Morgan fingerprint density at radius 2 is 1.58 bits per heavy atom. The average molecular weight is 337 g/mol. The molecular formula is C21H36O3. The average Bonchev–Trinajstić information content (AvgIpc) is 2.78. The smallest absolute Gasteiger partial charge is 0.0601 e. The molecule has 10 atom stereocenters. The Balaban J connectivity index is 1.63. The highest BCUT2D eigenvalue weighted by Gasteiger charge is 2.62. The van der Waals surface area contributed by atoms with E-state index in [1.807, 2.05) is 6.92 Å². The molecule has 4 aliphatic carbocycles. The SMILES string of the molecule is CC(O)[C@H]1C(O)C[C@H]2[C@@H]3CCC4CC(O)CC[C@]4(C)[C@H]3CC[C@]12C. The topological polar surface area (TPSA) is 60.7 Å². The molecule has 4 aliphatic rings. The number of aliphatic hydroxyl groups is 3. The quantitative estimate of drug-likeness (QED) is 0.688. The predicted octanol–water partition coefficient (Wildman–Crippen LogP) is 3.36. The van der Waals surface area contributed by atoms with Crippen LogP contribution in [0.5, 0.6) is 0 Å². The first kappa shape index (κ1) is 17.3. The van der Waals surface area contributed by atoms with Crippen molar-refractivity contribution in [3.63, 3.8) is 0 Å². The van der Waals surface area contributed by atoms with Gasteiger partial charge >= 0.3 is 0 Å². The van der Waals surface area contributed by atoms with Crippen LogP contribution in [-0.2, 0) is 0 Å². The molecule has 24 heavy (non-hydrogen) atoms. The van der Waals surface area contributed by atoms with Crippen molar-refractivity contribution in [3.8, 4) is 0 Å². The van der Waals surface area contributed by atoms with Crippen LogP contribution in [0.1, 0.15) is 72.1 Å². The Kier molecular flexibility index (Phi) is 4.10. The van der Waals surface area contributed by atoms with E-state index in [0.29, 0.717) is 23.2 Å². The Bertz CT molecular complexity index is 491. The van der Waals surface area contributed by atoms with E-state index >= 15 is 0 Å². The van der Waals surface area contributed by atoms with E-state index < -0.39 is 6.10 Å². The molecule has 0 spiro atoms. The summed E-state index contributed by atoms with van der Waals surface area (Å²) in [7, 11) is 0. The molecule has 3 heteroatoms. The van der Waals surface area contributed by atoms with Crippen LogP contribution >= 0.6 is 0 Å². The summed E-state index contributed by atoms with van der Waals surface area (Å²) < 4.78 is 0. The van der Waals surface area contributed by atoms with Gasteiger partial charge in [-0.3, -0.25) is 0 Å². The highest BCUT2D eigenvalue weighted by Crippen LogP contribution is 2.67. The summed E-state index contributed by atoms with van der Waals surface area (Å²) in [6.45, 7) is 6.72. The molecule has 0 aromatic rings. The third-order valence-corrected chi connectivity index (χ3v) is 9.27. The van der Waals surface area contributed by atoms with Crippen molar-refractivity contribution < 1.29 is 15.3 Å². The van der Waals surface area contributed by atoms with Crippen LogP contribution in [0.3, 0.4) is 0 Å². The summed E-state index contributed by atoms with van der Waals surface area (Å²) in [6, 6.07) is 0. The van der Waals surface area contributed by atoms with Gasteiger partial charge in [0.1, 0.15) is 0 Å². The first-order valence-corrected chi connectivity index (χ1v) is 10.3. The molecule has 3 N–H and O–H groups in total. The minimum absolute atomic E-state index is 0.0437. The molecular weight excluding hydrogens is 300 g/mol. The van der Waals surface area contributed by atoms with Gasteiger partial charge in [0.2, 0.25) is 0 Å². The van der Waals surface area contributed by atoms with Gasteiger partial charge in [0, 0.05) is 5.92 Å². The number of rotatable bonds is 1. The van der Waals surface area contributed by atoms with Crippen LogP contribution in [-0.4, -0.2) is 33.6 Å². The lowest BCUT2D eigenvalue weighted by atomic mass is 9.44. The number of fused-ring (bicyclic) bond motifs is 5. The van der Waals surface area contributed by atoms with Crippen LogP contribution in [0.4, 0.5) is 0 Å². The molecule has 0 radical (unpaired) electrons. The largest absolute Gasteiger partial charge is 0.393 e. The lowest BCUT2D eigenvalue weighted by Gasteiger charge is -2.61. The summed E-state index contributed by atoms with van der Waals surface area (Å²) in [5.74, 6) is 2.75. The van der Waals surface area contributed by atoms with Crippen molar-refractivity contribution in [2.45, 2.75) is 90.4 Å². The molecule has 4 unspecified atom stereocenters. The summed E-state index contributed by atoms with van der Waals surface area (Å²) in [4.78, 5) is 0. The molecule has 0 bridgehead atoms. The lowest BCUT2D eigenvalue weighted by Crippen LogP contribution is -2.54. The highest BCUT2D eigenvalue weighted by atomic mass is 16.3. The Labute approximate surface area is 146 Å². The van der Waals surface area contributed by atoms with Gasteiger partial charge in [-0.2, -0.15) is 0 Å². The Morgan fingerprint density at radius 3 is 2.29 bits per heavy atom. The van der Waals surface area contributed by atoms with Crippen molar-refractivity contribution in [1.29, 1.82) is 0 Å². The molecule has 0 aliphatic heterocycles. The molecule has 4 rings (SSSR count). The van der Waals surface area contributed by atoms with Gasteiger partial charge in [-0.15, -0.1) is 0 Å². The molecule has 138 valence electrons. The fraction of sp³-hybridized carbons (Fsp3) is 1.00. The summed E-state index contributed by atoms with van der Waals surface area (Å²) in [6.07, 6.45) is 8.10. The second-order valence-electron chi connectivity index (χ2n) is 10.2. The molecule has 3 nitrogen and oxygen atoms in total. The maximum atomic E-state index is 10.7. The highest BCUT2D eigenvalue weighted by molar-refractivity contribution is 5.11. The minimum Gasteiger partial charge on any atom is -0.393 e. The molecule has 0 saturated heterocycles. The molecule has 4 saturated carbocycles. The first-order chi connectivity index (χ1) is 11.3. The van der Waals surface area contributed by atoms with Crippen LogP contribution < -0.4 is 0 Å². The maximum absolute atomic E-state index is 10.7. The fourth-order valence-corrected chi connectivity index (χ4v) is 8.16. The van der Waals surface area contributed by atoms with E-state index in [0.717, 1.165) is 31.6 Å². The van der Waals surface area contributed by atoms with E-state index in [9.17, 15) is 15.3 Å². The predicted molar refractivity (Wildman–Crippen MR) is 94.3 cm³/mol. The van der Waals surface area contributed by atoms with E-state index in [1.54, 1.807) is 0 Å². The second kappa shape index (κ2) is 5.69. The number of hydrogen-bond acceptors (Lipinski definition) is 3. The van der Waals surface area contributed by atoms with E-state index in [1.165, 1.54) is 25.7 Å². The molecule has 0 heterocycles. The van der Waals surface area contributed by atoms with Gasteiger partial charge in [0.15, 0.2) is 0 Å². The summed E-state index contributed by atoms with van der Waals surface area (Å²) in [5.41, 5.74) is 0.490. The van der Waals surface area contributed by atoms with Crippen molar-refractivity contribution in [2.24, 2.45) is 40.4 Å². The minimum atomic E-state index is -0.414. The third-order valence-electron chi connectivity index (χ3n) is 9.27. The van der Waals surface area contributed by atoms with Gasteiger partial charge in [-0.1, -0.05) is 13.8 Å². The van der Waals surface area contributed by atoms with Crippen LogP contribution in [0, 0.1) is 40.4 Å². The van der Waals surface area contributed by atoms with Gasteiger partial charge in [0.25, 0.3) is 0 Å². The van der Waals surface area contributed by atoms with E-state index in [2.05, 4.69) is 13.8 Å². The lowest BCUT2D eigenvalue weighted by molar-refractivity contribution is -0.133. The zero-order chi connectivity index (χ0) is 17.3. The Hall–Kier alpha value is -0.120. The van der Waals surface area contributed by atoms with Crippen LogP contribution in [0.15, 0.2) is 0 Å². The van der Waals surface area contributed by atoms with Crippen molar-refractivity contribution >= 4 is 0 Å². The van der Waals surface area contributed by atoms with Gasteiger partial charge in [-0.05, 0) is 92.8 Å². The number of hydrogen-bond donors (Lipinski definition) is 3. The summed E-state index contributed by atoms with van der Waals surface area (Å²) >= 11 is 0. The van der Waals surface area contributed by atoms with Gasteiger partial charge < -0.3 is 15.3 Å². The third kappa shape index (κ3) is 2.27. The molecule has 4 fully saturated rings. The van der Waals surface area contributed by atoms with Gasteiger partial charge in [-0.25, -0.2) is 0 Å². The maximum Gasteiger partial charge on any atom is 0.0601 e. The zero-order valence-electron chi connectivity index (χ0n) is 15.6. The molecule has 0 amide bonds. The monoisotopic (exact) mass is 336 g/mol. The standard InChI is InChI=1S/C21H36O3/c1-12(22)19-18(24)11-17-15-5-4-13-10-14(23)6-8-20(13,2)16(15)7-9-21(17,19)3/h12-19,22-24H,4-11H2,1-3H3/t12?,13?,14?,15-,16+,17+,18?,19+,20+,21+/m1/s1. The second-order valence-corrected chi connectivity index (χ2v) is 10.2. The summed E-state index contributed by atoms with van der Waals surface area (Å²) in [5, 5.41) is 31.1. The van der Waals surface area contributed by atoms with E-state index in [-0.39, 0.29) is 23.5 Å². The molecule has 0 aromatic carbocycles. The van der Waals surface area contributed by atoms with Crippen molar-refractivity contribution in [2.75, 3.05) is 0 Å². The fourth-order valence-electron chi connectivity index (χ4n) is 8.16. The van der Waals surface area contributed by atoms with Crippen LogP contribution in [0.2, 0.25) is 0 Å². The first-order valence-electron chi connectivity index (χ1n) is 10.3. The zero-order valence-corrected chi connectivity index (χ0v) is 15.6.